The lowest BCUT2D eigenvalue weighted by atomic mass is 9.98. The van der Waals surface area contributed by atoms with Crippen LogP contribution in [0, 0.1) is 16.7 Å². The molecule has 1 aliphatic rings. The Labute approximate surface area is 116 Å². The third-order valence-corrected chi connectivity index (χ3v) is 5.15. The first-order valence-corrected chi connectivity index (χ1v) is 7.23. The molecule has 0 saturated heterocycles. The van der Waals surface area contributed by atoms with E-state index in [4.69, 9.17) is 4.74 Å². The largest absolute Gasteiger partial charge is 0.493 e. The maximum Gasteiger partial charge on any atom is 0.125 e. The number of para-hydroxylation sites is 1. The van der Waals surface area contributed by atoms with E-state index in [0.29, 0.717) is 6.61 Å². The van der Waals surface area contributed by atoms with Crippen LogP contribution in [0.15, 0.2) is 24.3 Å². The molecule has 1 aromatic carbocycles. The van der Waals surface area contributed by atoms with Crippen LogP contribution in [0.3, 0.4) is 0 Å². The molecule has 106 valence electrons. The predicted octanol–water partition coefficient (Wildman–Crippen LogP) is 4.19. The van der Waals surface area contributed by atoms with Crippen LogP contribution in [0.25, 0.3) is 0 Å². The van der Waals surface area contributed by atoms with Crippen molar-refractivity contribution in [3.05, 3.63) is 29.8 Å². The van der Waals surface area contributed by atoms with Gasteiger partial charge in [-0.3, -0.25) is 0 Å². The monoisotopic (exact) mass is 262 g/mol. The van der Waals surface area contributed by atoms with E-state index in [1.165, 1.54) is 0 Å². The molecular formula is C17H26O2. The summed E-state index contributed by atoms with van der Waals surface area (Å²) in [6.45, 7) is 11.7. The molecule has 1 aromatic rings. The van der Waals surface area contributed by atoms with E-state index >= 15 is 0 Å². The van der Waals surface area contributed by atoms with Crippen LogP contribution in [-0.4, -0.2) is 11.7 Å². The molecular weight excluding hydrogens is 236 g/mol. The molecule has 0 radical (unpaired) electrons. The van der Waals surface area contributed by atoms with Crippen molar-refractivity contribution in [3.63, 3.8) is 0 Å². The second-order valence-electron chi connectivity index (χ2n) is 6.75. The Bertz CT molecular complexity index is 434. The quantitative estimate of drug-likeness (QED) is 0.862. The van der Waals surface area contributed by atoms with E-state index in [-0.39, 0.29) is 16.7 Å². The minimum atomic E-state index is -0.446. The van der Waals surface area contributed by atoms with E-state index in [1.54, 1.807) is 0 Å². The van der Waals surface area contributed by atoms with Crippen LogP contribution in [0.5, 0.6) is 5.75 Å². The zero-order chi connectivity index (χ0) is 14.3. The average molecular weight is 262 g/mol. The molecule has 2 heteroatoms. The molecule has 1 unspecified atom stereocenters. The van der Waals surface area contributed by atoms with Crippen molar-refractivity contribution < 1.29 is 9.84 Å². The van der Waals surface area contributed by atoms with Crippen molar-refractivity contribution in [1.82, 2.24) is 0 Å². The van der Waals surface area contributed by atoms with Crippen LogP contribution in [0.4, 0.5) is 0 Å². The maximum atomic E-state index is 10.7. The number of benzene rings is 1. The fraction of sp³-hybridized carbons (Fsp3) is 0.647. The second-order valence-corrected chi connectivity index (χ2v) is 6.75. The molecule has 1 saturated carbocycles. The molecule has 0 heterocycles. The fourth-order valence-electron chi connectivity index (χ4n) is 3.28. The van der Waals surface area contributed by atoms with Gasteiger partial charge in [-0.15, -0.1) is 0 Å². The van der Waals surface area contributed by atoms with Gasteiger partial charge in [-0.25, -0.2) is 0 Å². The molecule has 0 spiro atoms. The van der Waals surface area contributed by atoms with Gasteiger partial charge in [-0.05, 0) is 23.3 Å². The van der Waals surface area contributed by atoms with E-state index in [0.717, 1.165) is 17.7 Å². The first-order valence-electron chi connectivity index (χ1n) is 7.23. The third kappa shape index (κ3) is 2.27. The zero-order valence-electron chi connectivity index (χ0n) is 12.7. The minimum Gasteiger partial charge on any atom is -0.493 e. The number of ether oxygens (including phenoxy) is 1. The van der Waals surface area contributed by atoms with Gasteiger partial charge in [0, 0.05) is 11.5 Å². The minimum absolute atomic E-state index is 0.171. The van der Waals surface area contributed by atoms with Gasteiger partial charge >= 0.3 is 0 Å². The Morgan fingerprint density at radius 2 is 1.74 bits per heavy atom. The van der Waals surface area contributed by atoms with Crippen molar-refractivity contribution in [2.24, 2.45) is 16.7 Å². The number of aliphatic hydroxyl groups is 1. The summed E-state index contributed by atoms with van der Waals surface area (Å²) >= 11 is 0. The second kappa shape index (κ2) is 4.82. The van der Waals surface area contributed by atoms with Gasteiger partial charge in [-0.2, -0.15) is 0 Å². The molecule has 1 N–H and O–H groups in total. The van der Waals surface area contributed by atoms with Crippen LogP contribution < -0.4 is 4.74 Å². The Morgan fingerprint density at radius 1 is 1.16 bits per heavy atom. The lowest BCUT2D eigenvalue weighted by molar-refractivity contribution is 0.126. The summed E-state index contributed by atoms with van der Waals surface area (Å²) in [7, 11) is 0. The van der Waals surface area contributed by atoms with Gasteiger partial charge in [0.15, 0.2) is 0 Å². The van der Waals surface area contributed by atoms with E-state index in [9.17, 15) is 5.11 Å². The van der Waals surface area contributed by atoms with Crippen molar-refractivity contribution in [1.29, 1.82) is 0 Å². The van der Waals surface area contributed by atoms with E-state index in [1.807, 2.05) is 24.3 Å². The molecule has 1 aliphatic carbocycles. The summed E-state index contributed by atoms with van der Waals surface area (Å²) in [6, 6.07) is 7.88. The Morgan fingerprint density at radius 3 is 2.26 bits per heavy atom. The highest BCUT2D eigenvalue weighted by molar-refractivity contribution is 5.37. The molecule has 2 rings (SSSR count). The lowest BCUT2D eigenvalue weighted by Gasteiger charge is -2.17. The smallest absolute Gasteiger partial charge is 0.125 e. The van der Waals surface area contributed by atoms with Crippen molar-refractivity contribution in [3.8, 4) is 5.75 Å². The molecule has 0 aliphatic heterocycles. The highest BCUT2D eigenvalue weighted by atomic mass is 16.5. The molecule has 1 fully saturated rings. The van der Waals surface area contributed by atoms with E-state index in [2.05, 4.69) is 34.6 Å². The summed E-state index contributed by atoms with van der Waals surface area (Å²) in [5, 5.41) is 10.7. The van der Waals surface area contributed by atoms with Crippen LogP contribution >= 0.6 is 0 Å². The summed E-state index contributed by atoms with van der Waals surface area (Å²) in [5.41, 5.74) is 1.27. The first kappa shape index (κ1) is 14.4. The first-order chi connectivity index (χ1) is 8.84. The van der Waals surface area contributed by atoms with Crippen LogP contribution in [0.2, 0.25) is 0 Å². The number of hydrogen-bond acceptors (Lipinski definition) is 2. The summed E-state index contributed by atoms with van der Waals surface area (Å²) < 4.78 is 5.76. The summed E-state index contributed by atoms with van der Waals surface area (Å²) in [4.78, 5) is 0. The molecule has 0 bridgehead atoms. The highest BCUT2D eigenvalue weighted by Crippen LogP contribution is 2.72. The van der Waals surface area contributed by atoms with Gasteiger partial charge < -0.3 is 9.84 Å². The Kier molecular flexibility index (Phi) is 3.65. The Balaban J connectivity index is 2.23. The lowest BCUT2D eigenvalue weighted by Crippen LogP contribution is -2.08. The summed E-state index contributed by atoms with van der Waals surface area (Å²) in [6.07, 6.45) is 0.531. The number of aliphatic hydroxyl groups excluding tert-OH is 1. The van der Waals surface area contributed by atoms with E-state index < -0.39 is 6.10 Å². The van der Waals surface area contributed by atoms with Gasteiger partial charge in [0.05, 0.1) is 12.7 Å². The maximum absolute atomic E-state index is 10.7. The van der Waals surface area contributed by atoms with Crippen LogP contribution in [-0.2, 0) is 0 Å². The third-order valence-electron chi connectivity index (χ3n) is 5.15. The Hall–Kier alpha value is -1.02. The van der Waals surface area contributed by atoms with Crippen molar-refractivity contribution >= 4 is 0 Å². The SMILES string of the molecule is CCCOc1ccccc1C(O)C1C(C)(C)C1(C)C. The highest BCUT2D eigenvalue weighted by Gasteiger charge is 2.67. The average Bonchev–Trinajstić information content (AvgIpc) is 2.77. The predicted molar refractivity (Wildman–Crippen MR) is 78.2 cm³/mol. The van der Waals surface area contributed by atoms with Gasteiger partial charge in [-0.1, -0.05) is 52.8 Å². The standard InChI is InChI=1S/C17H26O2/c1-6-11-19-13-10-8-7-9-12(13)14(18)15-16(2,3)17(15,4)5/h7-10,14-15,18H,6,11H2,1-5H3. The van der Waals surface area contributed by atoms with Gasteiger partial charge in [0.25, 0.3) is 0 Å². The molecule has 1 atom stereocenters. The summed E-state index contributed by atoms with van der Waals surface area (Å²) in [5.74, 6) is 1.11. The molecule has 0 amide bonds. The zero-order valence-corrected chi connectivity index (χ0v) is 12.7. The molecule has 0 aromatic heterocycles. The molecule has 2 nitrogen and oxygen atoms in total. The fourth-order valence-corrected chi connectivity index (χ4v) is 3.28. The molecule has 19 heavy (non-hydrogen) atoms. The number of rotatable bonds is 5. The van der Waals surface area contributed by atoms with Crippen molar-refractivity contribution in [2.75, 3.05) is 6.61 Å². The van der Waals surface area contributed by atoms with Gasteiger partial charge in [0.2, 0.25) is 0 Å². The normalized spacial score (nSPS) is 22.0. The number of hydrogen-bond donors (Lipinski definition) is 1. The van der Waals surface area contributed by atoms with Crippen molar-refractivity contribution in [2.45, 2.75) is 47.1 Å². The topological polar surface area (TPSA) is 29.5 Å². The van der Waals surface area contributed by atoms with Gasteiger partial charge in [0.1, 0.15) is 5.75 Å². The van der Waals surface area contributed by atoms with Crippen LogP contribution in [0.1, 0.15) is 52.7 Å².